The molecule has 31 heavy (non-hydrogen) atoms. The van der Waals surface area contributed by atoms with E-state index in [0.29, 0.717) is 20.8 Å². The molecule has 3 aromatic rings. The van der Waals surface area contributed by atoms with Gasteiger partial charge in [0.2, 0.25) is 0 Å². The van der Waals surface area contributed by atoms with Crippen molar-refractivity contribution in [3.05, 3.63) is 84.4 Å². The van der Waals surface area contributed by atoms with Crippen molar-refractivity contribution in [3.8, 4) is 5.69 Å². The Hall–Kier alpha value is -1.80. The molecular formula is C23H18Br2ClN3OS. The van der Waals surface area contributed by atoms with Crippen molar-refractivity contribution in [1.82, 2.24) is 9.47 Å². The number of carbonyl (C=O) groups excluding carboxylic acids is 1. The van der Waals surface area contributed by atoms with Crippen molar-refractivity contribution in [1.29, 1.82) is 0 Å². The molecule has 1 aliphatic heterocycles. The summed E-state index contributed by atoms with van der Waals surface area (Å²) in [5.74, 6) is -0.0702. The van der Waals surface area contributed by atoms with Gasteiger partial charge in [0, 0.05) is 33.1 Å². The standard InChI is InChI=1S/C23H18Br2ClN3OS/c1-13-9-15(14(2)29(13)18-6-4-5-16(24)11-18)10-21-22(30)28(3)23(31-21)27-17-7-8-19(25)20(26)12-17/h4-12H,1-3H3/b21-10-,27-23?. The first kappa shape index (κ1) is 22.4. The summed E-state index contributed by atoms with van der Waals surface area (Å²) in [4.78, 5) is 19.7. The number of hydrogen-bond donors (Lipinski definition) is 0. The van der Waals surface area contributed by atoms with Gasteiger partial charge in [-0.2, -0.15) is 0 Å². The molecular weight excluding hydrogens is 562 g/mol. The van der Waals surface area contributed by atoms with Gasteiger partial charge >= 0.3 is 0 Å². The fraction of sp³-hybridized carbons (Fsp3) is 0.130. The van der Waals surface area contributed by atoms with Crippen LogP contribution in [0.4, 0.5) is 5.69 Å². The molecule has 1 amide bonds. The number of carbonyl (C=O) groups is 1. The number of amidine groups is 1. The van der Waals surface area contributed by atoms with Crippen molar-refractivity contribution in [2.45, 2.75) is 13.8 Å². The summed E-state index contributed by atoms with van der Waals surface area (Å²) < 4.78 is 4.02. The molecule has 0 spiro atoms. The number of nitrogens with zero attached hydrogens (tertiary/aromatic N) is 3. The Morgan fingerprint density at radius 2 is 1.87 bits per heavy atom. The van der Waals surface area contributed by atoms with Crippen LogP contribution >= 0.6 is 55.2 Å². The highest BCUT2D eigenvalue weighted by atomic mass is 79.9. The number of aromatic nitrogens is 1. The lowest BCUT2D eigenvalue weighted by Gasteiger charge is -2.10. The first-order valence-electron chi connectivity index (χ1n) is 9.41. The molecule has 158 valence electrons. The van der Waals surface area contributed by atoms with E-state index in [1.807, 2.05) is 30.3 Å². The Bertz CT molecular complexity index is 1270. The highest BCUT2D eigenvalue weighted by Gasteiger charge is 2.30. The zero-order valence-corrected chi connectivity index (χ0v) is 21.7. The molecule has 4 nitrogen and oxygen atoms in total. The predicted molar refractivity (Wildman–Crippen MR) is 138 cm³/mol. The molecule has 0 unspecified atom stereocenters. The van der Waals surface area contributed by atoms with Crippen LogP contribution in [0, 0.1) is 13.8 Å². The van der Waals surface area contributed by atoms with Gasteiger partial charge in [-0.25, -0.2) is 4.99 Å². The molecule has 8 heteroatoms. The number of hydrogen-bond acceptors (Lipinski definition) is 3. The number of benzene rings is 2. The third kappa shape index (κ3) is 4.55. The minimum Gasteiger partial charge on any atom is -0.318 e. The quantitative estimate of drug-likeness (QED) is 0.301. The van der Waals surface area contributed by atoms with E-state index in [2.05, 4.69) is 73.5 Å². The third-order valence-corrected chi connectivity index (χ3v) is 7.74. The predicted octanol–water partition coefficient (Wildman–Crippen LogP) is 7.51. The van der Waals surface area contributed by atoms with Gasteiger partial charge in [0.25, 0.3) is 5.91 Å². The van der Waals surface area contributed by atoms with Crippen LogP contribution in [0.2, 0.25) is 5.02 Å². The Balaban J connectivity index is 1.68. The second-order valence-corrected chi connectivity index (χ2v) is 10.3. The molecule has 0 radical (unpaired) electrons. The maximum Gasteiger partial charge on any atom is 0.266 e. The zero-order valence-electron chi connectivity index (χ0n) is 17.0. The molecule has 1 aromatic heterocycles. The van der Waals surface area contributed by atoms with Crippen molar-refractivity contribution in [3.63, 3.8) is 0 Å². The van der Waals surface area contributed by atoms with Gasteiger partial charge in [-0.15, -0.1) is 0 Å². The Labute approximate surface area is 207 Å². The molecule has 0 atom stereocenters. The van der Waals surface area contributed by atoms with Gasteiger partial charge < -0.3 is 4.57 Å². The second kappa shape index (κ2) is 8.98. The lowest BCUT2D eigenvalue weighted by molar-refractivity contribution is -0.121. The SMILES string of the molecule is Cc1cc(/C=C2\SC(=Nc3ccc(Br)c(Cl)c3)N(C)C2=O)c(C)n1-c1cccc(Br)c1. The normalized spacial score (nSPS) is 16.7. The maximum absolute atomic E-state index is 12.9. The van der Waals surface area contributed by atoms with Gasteiger partial charge in [0.1, 0.15) is 0 Å². The summed E-state index contributed by atoms with van der Waals surface area (Å²) in [6.45, 7) is 4.13. The number of halogens is 3. The summed E-state index contributed by atoms with van der Waals surface area (Å²) in [7, 11) is 1.74. The van der Waals surface area contributed by atoms with E-state index >= 15 is 0 Å². The van der Waals surface area contributed by atoms with E-state index in [4.69, 9.17) is 11.6 Å². The minimum atomic E-state index is -0.0702. The molecule has 1 fully saturated rings. The largest absolute Gasteiger partial charge is 0.318 e. The van der Waals surface area contributed by atoms with Crippen LogP contribution in [-0.2, 0) is 4.79 Å². The van der Waals surface area contributed by atoms with Crippen LogP contribution in [0.3, 0.4) is 0 Å². The van der Waals surface area contributed by atoms with Crippen LogP contribution in [-0.4, -0.2) is 27.6 Å². The third-order valence-electron chi connectivity index (χ3n) is 4.95. The number of amides is 1. The van der Waals surface area contributed by atoms with Gasteiger partial charge in [0.05, 0.1) is 15.6 Å². The minimum absolute atomic E-state index is 0.0702. The number of rotatable bonds is 3. The summed E-state index contributed by atoms with van der Waals surface area (Å²) >= 11 is 14.5. The van der Waals surface area contributed by atoms with Crippen LogP contribution < -0.4 is 0 Å². The van der Waals surface area contributed by atoms with Crippen LogP contribution in [0.1, 0.15) is 17.0 Å². The summed E-state index contributed by atoms with van der Waals surface area (Å²) in [5, 5.41) is 1.20. The first-order chi connectivity index (χ1) is 14.7. The molecule has 4 rings (SSSR count). The molecule has 0 N–H and O–H groups in total. The lowest BCUT2D eigenvalue weighted by Crippen LogP contribution is -2.23. The van der Waals surface area contributed by atoms with Crippen molar-refractivity contribution >= 4 is 78.1 Å². The molecule has 1 aliphatic rings. The number of thioether (sulfide) groups is 1. The van der Waals surface area contributed by atoms with Crippen LogP contribution in [0.25, 0.3) is 11.8 Å². The van der Waals surface area contributed by atoms with Crippen molar-refractivity contribution < 1.29 is 4.79 Å². The van der Waals surface area contributed by atoms with Crippen LogP contribution in [0.15, 0.2) is 67.4 Å². The molecule has 0 bridgehead atoms. The number of likely N-dealkylation sites (N-methyl/N-ethyl adjacent to an activating group) is 1. The average molecular weight is 580 g/mol. The fourth-order valence-corrected chi connectivity index (χ4v) is 5.19. The maximum atomic E-state index is 12.9. The Morgan fingerprint density at radius 1 is 1.10 bits per heavy atom. The topological polar surface area (TPSA) is 37.6 Å². The van der Waals surface area contributed by atoms with Gasteiger partial charge in [0.15, 0.2) is 5.17 Å². The molecule has 1 saturated heterocycles. The van der Waals surface area contributed by atoms with Gasteiger partial charge in [-0.1, -0.05) is 33.6 Å². The lowest BCUT2D eigenvalue weighted by atomic mass is 10.2. The van der Waals surface area contributed by atoms with Crippen LogP contribution in [0.5, 0.6) is 0 Å². The van der Waals surface area contributed by atoms with E-state index in [1.54, 1.807) is 18.0 Å². The molecule has 2 heterocycles. The monoisotopic (exact) mass is 577 g/mol. The summed E-state index contributed by atoms with van der Waals surface area (Å²) in [5.41, 5.74) is 4.96. The Morgan fingerprint density at radius 3 is 2.58 bits per heavy atom. The fourth-order valence-electron chi connectivity index (χ4n) is 3.40. The van der Waals surface area contributed by atoms with E-state index in [0.717, 1.165) is 31.6 Å². The number of aryl methyl sites for hydroxylation is 1. The average Bonchev–Trinajstić information content (AvgIpc) is 3.15. The van der Waals surface area contributed by atoms with E-state index in [9.17, 15) is 4.79 Å². The molecule has 0 saturated carbocycles. The van der Waals surface area contributed by atoms with E-state index in [1.165, 1.54) is 11.8 Å². The smallest absolute Gasteiger partial charge is 0.266 e. The van der Waals surface area contributed by atoms with Gasteiger partial charge in [-0.05, 0) is 95.6 Å². The Kier molecular flexibility index (Phi) is 6.49. The number of aliphatic imine (C=N–C) groups is 1. The van der Waals surface area contributed by atoms with E-state index < -0.39 is 0 Å². The zero-order chi connectivity index (χ0) is 22.3. The highest BCUT2D eigenvalue weighted by Crippen LogP contribution is 2.35. The van der Waals surface area contributed by atoms with Crippen molar-refractivity contribution in [2.75, 3.05) is 7.05 Å². The van der Waals surface area contributed by atoms with Crippen molar-refractivity contribution in [2.24, 2.45) is 4.99 Å². The van der Waals surface area contributed by atoms with E-state index in [-0.39, 0.29) is 5.91 Å². The molecule has 2 aromatic carbocycles. The summed E-state index contributed by atoms with van der Waals surface area (Å²) in [6.07, 6.45) is 1.94. The second-order valence-electron chi connectivity index (χ2n) is 7.11. The highest BCUT2D eigenvalue weighted by molar-refractivity contribution is 9.10. The summed E-state index contributed by atoms with van der Waals surface area (Å²) in [6, 6.07) is 15.7. The molecule has 0 aliphatic carbocycles. The first-order valence-corrected chi connectivity index (χ1v) is 12.2. The van der Waals surface area contributed by atoms with Gasteiger partial charge in [-0.3, -0.25) is 9.69 Å².